The number of anilines is 2. The van der Waals surface area contributed by atoms with E-state index < -0.39 is 71.6 Å². The topological polar surface area (TPSA) is 203 Å². The zero-order valence-electron chi connectivity index (χ0n) is 24.6. The molecule has 7 N–H and O–H groups in total. The van der Waals surface area contributed by atoms with Gasteiger partial charge in [0.05, 0.1) is 24.3 Å². The molecule has 0 saturated carbocycles. The normalized spacial score (nSPS) is 21.8. The Bertz CT molecular complexity index is 1540. The first kappa shape index (κ1) is 32.7. The van der Waals surface area contributed by atoms with Gasteiger partial charge in [-0.1, -0.05) is 11.6 Å². The van der Waals surface area contributed by atoms with E-state index in [2.05, 4.69) is 5.32 Å². The van der Waals surface area contributed by atoms with Gasteiger partial charge in [0.25, 0.3) is 0 Å². The number of ketones is 2. The molecule has 2 amide bonds. The third-order valence-corrected chi connectivity index (χ3v) is 8.48. The molecule has 44 heavy (non-hydrogen) atoms. The van der Waals surface area contributed by atoms with Crippen molar-refractivity contribution < 1.29 is 44.3 Å². The fourth-order valence-electron chi connectivity index (χ4n) is 6.13. The monoisotopic (exact) mass is 630 g/mol. The molecule has 0 spiro atoms. The number of aliphatic hydroxyl groups is 3. The number of hydrogen-bond donors (Lipinski definition) is 6. The Morgan fingerprint density at radius 1 is 1.16 bits per heavy atom. The first-order chi connectivity index (χ1) is 20.6. The summed E-state index contributed by atoms with van der Waals surface area (Å²) in [4.78, 5) is 55.0. The van der Waals surface area contributed by atoms with Crippen LogP contribution in [0, 0.1) is 11.8 Å². The Morgan fingerprint density at radius 2 is 1.80 bits per heavy atom. The van der Waals surface area contributed by atoms with Crippen LogP contribution in [0.1, 0.15) is 28.8 Å². The molecule has 0 heterocycles. The molecule has 0 saturated heterocycles. The summed E-state index contributed by atoms with van der Waals surface area (Å²) in [7, 11) is 6.64. The Balaban J connectivity index is 1.84. The third kappa shape index (κ3) is 5.83. The summed E-state index contributed by atoms with van der Waals surface area (Å²) in [5, 5.41) is 47.7. The van der Waals surface area contributed by atoms with Crippen LogP contribution in [0.3, 0.4) is 0 Å². The molecule has 2 aromatic rings. The van der Waals surface area contributed by atoms with E-state index in [0.717, 1.165) is 0 Å². The summed E-state index contributed by atoms with van der Waals surface area (Å²) < 4.78 is 5.25. The fourth-order valence-corrected chi connectivity index (χ4v) is 6.26. The van der Waals surface area contributed by atoms with E-state index in [1.54, 1.807) is 38.0 Å². The lowest BCUT2D eigenvalue weighted by atomic mass is 9.61. The van der Waals surface area contributed by atoms with Crippen molar-refractivity contribution in [3.05, 3.63) is 57.8 Å². The van der Waals surface area contributed by atoms with Gasteiger partial charge in [0.2, 0.25) is 5.91 Å². The summed E-state index contributed by atoms with van der Waals surface area (Å²) >= 11 is 5.87. The van der Waals surface area contributed by atoms with Crippen molar-refractivity contribution in [2.24, 2.45) is 17.6 Å². The lowest BCUT2D eigenvalue weighted by Gasteiger charge is -2.47. The number of phenolic OH excluding ortho intramolecular Hbond substituents is 1. The molecule has 0 aromatic heterocycles. The zero-order valence-corrected chi connectivity index (χ0v) is 25.4. The highest BCUT2D eigenvalue weighted by Gasteiger charge is 2.58. The molecule has 13 nitrogen and oxygen atoms in total. The number of aromatic hydroxyl groups is 1. The minimum Gasteiger partial charge on any atom is -0.508 e. The van der Waals surface area contributed by atoms with Gasteiger partial charge in [0.1, 0.15) is 11.5 Å². The van der Waals surface area contributed by atoms with E-state index in [4.69, 9.17) is 22.1 Å². The number of allylic oxidation sites excluding steroid dienone is 1. The number of aliphatic hydroxyl groups excluding tert-OH is 2. The number of nitrogens with zero attached hydrogens (tertiary/aromatic N) is 2. The van der Waals surface area contributed by atoms with E-state index in [-0.39, 0.29) is 35.4 Å². The first-order valence-corrected chi connectivity index (χ1v) is 14.1. The lowest BCUT2D eigenvalue weighted by molar-refractivity contribution is -0.151. The quantitative estimate of drug-likeness (QED) is 0.175. The van der Waals surface area contributed by atoms with Crippen LogP contribution in [0.5, 0.6) is 11.5 Å². The average Bonchev–Trinajstić information content (AvgIpc) is 2.93. The van der Waals surface area contributed by atoms with Crippen molar-refractivity contribution in [3.63, 3.8) is 0 Å². The number of fused-ring (bicyclic) bond motifs is 2. The molecule has 236 valence electrons. The maximum absolute atomic E-state index is 14.1. The second-order valence-corrected chi connectivity index (χ2v) is 11.8. The summed E-state index contributed by atoms with van der Waals surface area (Å²) in [5.74, 6) is -6.33. The number of benzene rings is 2. The SMILES string of the molecule is CN(C)c1cc(NC(=O)Oc2ccc(Cl)cc2)c(O)c2c1C[C@H]1C[C@@H]([C@@H](CO)N(C)C)[C@@](O)(C(=O)CC(N)=O)C(O)=C1C2=O. The molecular formula is C30H35ClN4O9. The molecule has 0 aliphatic heterocycles. The minimum absolute atomic E-state index is 0.0317. The number of phenols is 1. The van der Waals surface area contributed by atoms with E-state index in [9.17, 15) is 39.6 Å². The van der Waals surface area contributed by atoms with Gasteiger partial charge in [-0.3, -0.25) is 19.7 Å². The summed E-state index contributed by atoms with van der Waals surface area (Å²) in [6.45, 7) is -0.505. The number of amides is 2. The minimum atomic E-state index is -2.73. The third-order valence-electron chi connectivity index (χ3n) is 8.22. The Hall–Kier alpha value is -4.17. The standard InChI is InChI=1S/C30H35ClN4O9/c1-34(2)20-11-19(33-29(42)44-16-7-5-15(31)6-8-16)26(39)25-17(20)9-14-10-18(21(13-36)35(3)4)30(43,22(37)12-23(32)38)28(41)24(14)27(25)40/h5-8,11,14,18,21,36,39,41,43H,9-10,12-13H2,1-4H3,(H2,32,38)(H,33,42)/t14-,18-,21+,30+/m0/s1. The molecule has 2 aliphatic carbocycles. The number of ether oxygens (including phenoxy) is 1. The molecule has 2 aliphatic rings. The van der Waals surface area contributed by atoms with Gasteiger partial charge in [0, 0.05) is 42.3 Å². The fraction of sp³-hybridized carbons (Fsp3) is 0.400. The highest BCUT2D eigenvalue weighted by molar-refractivity contribution is 6.30. The first-order valence-electron chi connectivity index (χ1n) is 13.7. The zero-order chi connectivity index (χ0) is 32.7. The van der Waals surface area contributed by atoms with Crippen molar-refractivity contribution in [3.8, 4) is 11.5 Å². The second kappa shape index (κ2) is 12.4. The predicted molar refractivity (Wildman–Crippen MR) is 161 cm³/mol. The average molecular weight is 631 g/mol. The van der Waals surface area contributed by atoms with E-state index >= 15 is 0 Å². The number of nitrogens with one attached hydrogen (secondary N) is 1. The number of nitrogens with two attached hydrogens (primary N) is 1. The van der Waals surface area contributed by atoms with Crippen LogP contribution in [-0.4, -0.2) is 95.3 Å². The van der Waals surface area contributed by atoms with Crippen molar-refractivity contribution in [2.45, 2.75) is 30.9 Å². The van der Waals surface area contributed by atoms with Crippen molar-refractivity contribution in [1.82, 2.24) is 4.90 Å². The number of carbonyl (C=O) groups is 4. The number of primary amides is 1. The van der Waals surface area contributed by atoms with Crippen molar-refractivity contribution in [1.29, 1.82) is 0 Å². The van der Waals surface area contributed by atoms with Crippen LogP contribution in [0.4, 0.5) is 16.2 Å². The van der Waals surface area contributed by atoms with Crippen molar-refractivity contribution >= 4 is 46.5 Å². The summed E-state index contributed by atoms with van der Waals surface area (Å²) in [6.07, 6.45) is -1.83. The van der Waals surface area contributed by atoms with Crippen LogP contribution in [0.15, 0.2) is 41.7 Å². The van der Waals surface area contributed by atoms with Gasteiger partial charge in [-0.25, -0.2) is 4.79 Å². The number of Topliss-reactive ketones (excluding diaryl/α,β-unsaturated/α-hetero) is 2. The number of hydrogen-bond acceptors (Lipinski definition) is 11. The molecule has 14 heteroatoms. The lowest BCUT2D eigenvalue weighted by Crippen LogP contribution is -2.60. The molecule has 0 radical (unpaired) electrons. The van der Waals surface area contributed by atoms with Gasteiger partial charge in [-0.2, -0.15) is 0 Å². The molecule has 4 atom stereocenters. The smallest absolute Gasteiger partial charge is 0.417 e. The summed E-state index contributed by atoms with van der Waals surface area (Å²) in [6, 6.07) is 6.59. The van der Waals surface area contributed by atoms with E-state index in [1.807, 2.05) is 0 Å². The van der Waals surface area contributed by atoms with Gasteiger partial charge in [0.15, 0.2) is 22.9 Å². The van der Waals surface area contributed by atoms with Crippen LogP contribution in [0.25, 0.3) is 0 Å². The van der Waals surface area contributed by atoms with Gasteiger partial charge >= 0.3 is 6.09 Å². The number of carbonyl (C=O) groups excluding carboxylic acids is 4. The highest BCUT2D eigenvalue weighted by Crippen LogP contribution is 2.51. The van der Waals surface area contributed by atoms with E-state index in [1.165, 1.54) is 30.3 Å². The molecule has 0 fully saturated rings. The Labute approximate surface area is 258 Å². The molecule has 0 bridgehead atoms. The number of halogens is 1. The van der Waals surface area contributed by atoms with Crippen LogP contribution in [0.2, 0.25) is 5.02 Å². The Morgan fingerprint density at radius 3 is 2.34 bits per heavy atom. The van der Waals surface area contributed by atoms with Crippen LogP contribution in [-0.2, 0) is 16.0 Å². The molecule has 4 rings (SSSR count). The van der Waals surface area contributed by atoms with Gasteiger partial charge in [-0.15, -0.1) is 0 Å². The Kier molecular flexibility index (Phi) is 9.26. The molecule has 0 unspecified atom stereocenters. The van der Waals surface area contributed by atoms with Gasteiger partial charge < -0.3 is 40.7 Å². The maximum Gasteiger partial charge on any atom is 0.417 e. The number of rotatable bonds is 9. The predicted octanol–water partition coefficient (Wildman–Crippen LogP) is 2.01. The van der Waals surface area contributed by atoms with Crippen LogP contribution < -0.4 is 20.7 Å². The van der Waals surface area contributed by atoms with Gasteiger partial charge in [-0.05, 0) is 68.8 Å². The van der Waals surface area contributed by atoms with Crippen molar-refractivity contribution in [2.75, 3.05) is 45.0 Å². The maximum atomic E-state index is 14.1. The van der Waals surface area contributed by atoms with E-state index in [0.29, 0.717) is 16.3 Å². The largest absolute Gasteiger partial charge is 0.508 e. The second-order valence-electron chi connectivity index (χ2n) is 11.4. The number of likely N-dealkylation sites (N-methyl/N-ethyl adjacent to an activating group) is 1. The summed E-state index contributed by atoms with van der Waals surface area (Å²) in [5.41, 5.74) is 2.66. The highest BCUT2D eigenvalue weighted by atomic mass is 35.5. The van der Waals surface area contributed by atoms with Crippen LogP contribution >= 0.6 is 11.6 Å². The molecular weight excluding hydrogens is 596 g/mol. The molecule has 2 aromatic carbocycles.